The van der Waals surface area contributed by atoms with E-state index in [1.807, 2.05) is 6.07 Å². The van der Waals surface area contributed by atoms with E-state index in [0.29, 0.717) is 10.6 Å². The van der Waals surface area contributed by atoms with Crippen molar-refractivity contribution in [3.63, 3.8) is 0 Å². The fourth-order valence-corrected chi connectivity index (χ4v) is 2.36. The Labute approximate surface area is 108 Å². The zero-order chi connectivity index (χ0) is 13.0. The Morgan fingerprint density at radius 2 is 1.67 bits per heavy atom. The maximum Gasteiger partial charge on any atom is 0.337 e. The van der Waals surface area contributed by atoms with E-state index in [9.17, 15) is 9.35 Å². The van der Waals surface area contributed by atoms with Crippen LogP contribution in [0, 0.1) is 0 Å². The first kappa shape index (κ1) is 12.5. The van der Waals surface area contributed by atoms with Crippen LogP contribution in [0.2, 0.25) is 0 Å². The lowest BCUT2D eigenvalue weighted by molar-refractivity contribution is 0.0698. The standard InChI is InChI=1S/C13H11NO3S/c15-13(16)11-8-4-5-9-12(11)14-18(17)10-6-2-1-3-7-10/h1-9,14H,(H,15,16). The molecule has 0 aliphatic heterocycles. The van der Waals surface area contributed by atoms with Crippen LogP contribution in [0.25, 0.3) is 0 Å². The molecule has 0 saturated carbocycles. The van der Waals surface area contributed by atoms with E-state index in [1.54, 1.807) is 42.5 Å². The van der Waals surface area contributed by atoms with Crippen molar-refractivity contribution in [2.75, 3.05) is 4.72 Å². The molecule has 2 rings (SSSR count). The molecule has 0 spiro atoms. The zero-order valence-electron chi connectivity index (χ0n) is 9.37. The predicted octanol–water partition coefficient (Wildman–Crippen LogP) is 2.52. The molecule has 0 bridgehead atoms. The summed E-state index contributed by atoms with van der Waals surface area (Å²) in [5.74, 6) is -1.05. The maximum atomic E-state index is 12.0. The Bertz CT molecular complexity index is 545. The van der Waals surface area contributed by atoms with Gasteiger partial charge >= 0.3 is 5.97 Å². The number of benzene rings is 2. The molecule has 2 N–H and O–H groups in total. The van der Waals surface area contributed by atoms with Gasteiger partial charge in [0.2, 0.25) is 0 Å². The number of rotatable bonds is 4. The summed E-state index contributed by atoms with van der Waals surface area (Å²) < 4.78 is 14.7. The average molecular weight is 261 g/mol. The smallest absolute Gasteiger partial charge is 0.337 e. The SMILES string of the molecule is O=C(O)c1ccccc1N[S+]([O-])c1ccccc1. The van der Waals surface area contributed by atoms with Crippen molar-refractivity contribution in [3.05, 3.63) is 60.2 Å². The second-order valence-electron chi connectivity index (χ2n) is 3.53. The van der Waals surface area contributed by atoms with E-state index in [-0.39, 0.29) is 5.56 Å². The van der Waals surface area contributed by atoms with Crippen molar-refractivity contribution < 1.29 is 14.5 Å². The van der Waals surface area contributed by atoms with Crippen molar-refractivity contribution in [3.8, 4) is 0 Å². The van der Waals surface area contributed by atoms with Gasteiger partial charge in [-0.15, -0.1) is 0 Å². The van der Waals surface area contributed by atoms with Gasteiger partial charge in [0.05, 0.1) is 11.3 Å². The van der Waals surface area contributed by atoms with Crippen molar-refractivity contribution in [1.82, 2.24) is 0 Å². The largest absolute Gasteiger partial charge is 0.588 e. The minimum atomic E-state index is -1.47. The molecule has 0 saturated heterocycles. The highest BCUT2D eigenvalue weighted by atomic mass is 32.2. The third kappa shape index (κ3) is 2.82. The van der Waals surface area contributed by atoms with Gasteiger partial charge in [-0.25, -0.2) is 9.52 Å². The van der Waals surface area contributed by atoms with Gasteiger partial charge in [0.25, 0.3) is 0 Å². The molecule has 0 heterocycles. The number of carboxylic acids is 1. The molecule has 18 heavy (non-hydrogen) atoms. The van der Waals surface area contributed by atoms with E-state index < -0.39 is 17.3 Å². The number of carbonyl (C=O) groups is 1. The number of para-hydroxylation sites is 1. The van der Waals surface area contributed by atoms with Crippen LogP contribution in [-0.4, -0.2) is 15.6 Å². The molecule has 1 unspecified atom stereocenters. The van der Waals surface area contributed by atoms with Crippen LogP contribution < -0.4 is 4.72 Å². The second kappa shape index (κ2) is 5.57. The summed E-state index contributed by atoms with van der Waals surface area (Å²) in [6.45, 7) is 0. The number of hydrogen-bond acceptors (Lipinski definition) is 3. The van der Waals surface area contributed by atoms with E-state index >= 15 is 0 Å². The number of hydrogen-bond donors (Lipinski definition) is 2. The number of anilines is 1. The van der Waals surface area contributed by atoms with Gasteiger partial charge < -0.3 is 9.66 Å². The van der Waals surface area contributed by atoms with E-state index in [1.165, 1.54) is 6.07 Å². The second-order valence-corrected chi connectivity index (χ2v) is 4.75. The molecule has 5 heteroatoms. The Morgan fingerprint density at radius 3 is 2.33 bits per heavy atom. The maximum absolute atomic E-state index is 12.0. The van der Waals surface area contributed by atoms with Crippen LogP contribution in [0.15, 0.2) is 59.5 Å². The molecule has 0 aromatic heterocycles. The van der Waals surface area contributed by atoms with Crippen molar-refractivity contribution >= 4 is 23.0 Å². The minimum absolute atomic E-state index is 0.0989. The lowest BCUT2D eigenvalue weighted by atomic mass is 10.2. The van der Waals surface area contributed by atoms with Gasteiger partial charge in [-0.1, -0.05) is 30.3 Å². The third-order valence-electron chi connectivity index (χ3n) is 2.32. The van der Waals surface area contributed by atoms with Crippen LogP contribution in [0.3, 0.4) is 0 Å². The van der Waals surface area contributed by atoms with Crippen molar-refractivity contribution in [1.29, 1.82) is 0 Å². The molecule has 4 nitrogen and oxygen atoms in total. The van der Waals surface area contributed by atoms with Gasteiger partial charge in [-0.2, -0.15) is 0 Å². The molecule has 1 atom stereocenters. The highest BCUT2D eigenvalue weighted by Crippen LogP contribution is 2.19. The summed E-state index contributed by atoms with van der Waals surface area (Å²) in [6, 6.07) is 15.2. The molecule has 0 aliphatic carbocycles. The summed E-state index contributed by atoms with van der Waals surface area (Å²) >= 11 is -1.47. The highest BCUT2D eigenvalue weighted by Gasteiger charge is 2.15. The minimum Gasteiger partial charge on any atom is -0.588 e. The quantitative estimate of drug-likeness (QED) is 0.829. The summed E-state index contributed by atoms with van der Waals surface area (Å²) in [5, 5.41) is 9.01. The van der Waals surface area contributed by atoms with Gasteiger partial charge in [0.15, 0.2) is 4.90 Å². The molecular formula is C13H11NO3S. The number of carboxylic acid groups (broad SMARTS) is 1. The van der Waals surface area contributed by atoms with Crippen LogP contribution in [-0.2, 0) is 11.4 Å². The average Bonchev–Trinajstić information content (AvgIpc) is 2.40. The molecule has 0 aliphatic rings. The topological polar surface area (TPSA) is 72.4 Å². The lowest BCUT2D eigenvalue weighted by Gasteiger charge is -2.12. The molecule has 92 valence electrons. The first-order valence-corrected chi connectivity index (χ1v) is 6.39. The summed E-state index contributed by atoms with van der Waals surface area (Å²) in [6.07, 6.45) is 0. The Morgan fingerprint density at radius 1 is 1.06 bits per heavy atom. The summed E-state index contributed by atoms with van der Waals surface area (Å²) in [4.78, 5) is 11.6. The van der Waals surface area contributed by atoms with Crippen LogP contribution in [0.5, 0.6) is 0 Å². The fourth-order valence-electron chi connectivity index (χ4n) is 1.46. The Balaban J connectivity index is 2.22. The van der Waals surface area contributed by atoms with Crippen LogP contribution in [0.1, 0.15) is 10.4 Å². The predicted molar refractivity (Wildman–Crippen MR) is 69.9 cm³/mol. The first-order valence-electron chi connectivity index (χ1n) is 5.24. The van der Waals surface area contributed by atoms with Crippen molar-refractivity contribution in [2.45, 2.75) is 4.90 Å². The van der Waals surface area contributed by atoms with Crippen molar-refractivity contribution in [2.24, 2.45) is 0 Å². The van der Waals surface area contributed by atoms with E-state index in [4.69, 9.17) is 5.11 Å². The monoisotopic (exact) mass is 261 g/mol. The molecule has 0 radical (unpaired) electrons. The zero-order valence-corrected chi connectivity index (χ0v) is 10.2. The van der Waals surface area contributed by atoms with E-state index in [2.05, 4.69) is 4.72 Å². The molecular weight excluding hydrogens is 250 g/mol. The van der Waals surface area contributed by atoms with Gasteiger partial charge in [0, 0.05) is 0 Å². The molecule has 2 aromatic rings. The number of aromatic carboxylic acids is 1. The third-order valence-corrected chi connectivity index (χ3v) is 3.42. The summed E-state index contributed by atoms with van der Waals surface area (Å²) in [5.41, 5.74) is 0.439. The highest BCUT2D eigenvalue weighted by molar-refractivity contribution is 7.92. The first-order chi connectivity index (χ1) is 8.68. The number of nitrogens with one attached hydrogen (secondary N) is 1. The molecule has 0 fully saturated rings. The van der Waals surface area contributed by atoms with Crippen LogP contribution in [0.4, 0.5) is 5.69 Å². The normalized spacial score (nSPS) is 11.8. The fraction of sp³-hybridized carbons (Fsp3) is 0. The van der Waals surface area contributed by atoms with Crippen LogP contribution >= 0.6 is 0 Å². The summed E-state index contributed by atoms with van der Waals surface area (Å²) in [7, 11) is 0. The van der Waals surface area contributed by atoms with E-state index in [0.717, 1.165) is 0 Å². The Hall–Kier alpha value is -1.98. The Kier molecular flexibility index (Phi) is 3.86. The van der Waals surface area contributed by atoms with Gasteiger partial charge in [-0.05, 0) is 24.3 Å². The molecule has 2 aromatic carbocycles. The van der Waals surface area contributed by atoms with Gasteiger partial charge in [-0.3, -0.25) is 0 Å². The lowest BCUT2D eigenvalue weighted by Crippen LogP contribution is -2.15. The molecule has 0 amide bonds. The van der Waals surface area contributed by atoms with Gasteiger partial charge in [0.1, 0.15) is 11.4 Å².